The van der Waals surface area contributed by atoms with Gasteiger partial charge in [-0.1, -0.05) is 27.0 Å². The van der Waals surface area contributed by atoms with Gasteiger partial charge in [-0.2, -0.15) is 0 Å². The zero-order valence-corrected chi connectivity index (χ0v) is 14.5. The Morgan fingerprint density at radius 3 is 1.61 bits per heavy atom. The summed E-state index contributed by atoms with van der Waals surface area (Å²) >= 11 is 0. The average Bonchev–Trinajstić information content (AvgIpc) is 2.48. The molecular weight excluding hydrogens is 300 g/mol. The van der Waals surface area contributed by atoms with E-state index in [4.69, 9.17) is 9.47 Å². The minimum absolute atomic E-state index is 0.0641. The first kappa shape index (κ1) is 21.3. The second kappa shape index (κ2) is 8.84. The van der Waals surface area contributed by atoms with Gasteiger partial charge in [0.2, 0.25) is 0 Å². The van der Waals surface area contributed by atoms with Gasteiger partial charge in [-0.15, -0.1) is 0 Å². The fraction of sp³-hybridized carbons (Fsp3) is 0.647. The van der Waals surface area contributed by atoms with E-state index in [0.717, 1.165) is 0 Å². The number of hydrogen-bond donors (Lipinski definition) is 2. The van der Waals surface area contributed by atoms with Gasteiger partial charge in [0, 0.05) is 17.8 Å². The third kappa shape index (κ3) is 6.54. The van der Waals surface area contributed by atoms with Crippen LogP contribution in [-0.4, -0.2) is 34.7 Å². The maximum atomic E-state index is 11.7. The molecule has 0 aromatic carbocycles. The van der Waals surface area contributed by atoms with Crippen molar-refractivity contribution in [3.8, 4) is 0 Å². The van der Waals surface area contributed by atoms with Gasteiger partial charge in [0.25, 0.3) is 0 Å². The third-order valence-electron chi connectivity index (χ3n) is 4.01. The van der Waals surface area contributed by atoms with E-state index < -0.39 is 23.3 Å². The summed E-state index contributed by atoms with van der Waals surface area (Å²) in [5, 5.41) is 20.0. The Bertz CT molecular complexity index is 425. The van der Waals surface area contributed by atoms with Crippen molar-refractivity contribution in [1.29, 1.82) is 0 Å². The molecule has 0 bridgehead atoms. The van der Waals surface area contributed by atoms with Gasteiger partial charge < -0.3 is 19.7 Å². The molecule has 0 aromatic heterocycles. The summed E-state index contributed by atoms with van der Waals surface area (Å²) in [6.07, 6.45) is 1.48. The lowest BCUT2D eigenvalue weighted by Gasteiger charge is -2.33. The average molecular weight is 328 g/mol. The second-order valence-corrected chi connectivity index (χ2v) is 5.92. The first-order chi connectivity index (χ1) is 10.5. The molecule has 0 unspecified atom stereocenters. The van der Waals surface area contributed by atoms with Gasteiger partial charge in [-0.05, 0) is 38.5 Å². The van der Waals surface area contributed by atoms with Crippen molar-refractivity contribution < 1.29 is 29.3 Å². The molecule has 0 saturated carbocycles. The molecule has 0 aliphatic heterocycles. The number of esters is 2. The fourth-order valence-electron chi connectivity index (χ4n) is 1.92. The van der Waals surface area contributed by atoms with Gasteiger partial charge in [0.1, 0.15) is 0 Å². The van der Waals surface area contributed by atoms with Gasteiger partial charge in [-0.25, -0.2) is 9.59 Å². The lowest BCUT2D eigenvalue weighted by atomic mass is 9.79. The standard InChI is InChI=1S/C17H28O6/c1-7-16(8-2,11-18)9-10-17(21,22-14(19)12(3)4)23-15(20)13(5)6/h18,21H,3,5,7-11H2,1-2,4,6H3. The number of rotatable bonds is 10. The molecule has 2 N–H and O–H groups in total. The number of hydrogen-bond acceptors (Lipinski definition) is 6. The Hall–Kier alpha value is -1.66. The molecule has 0 aliphatic carbocycles. The highest BCUT2D eigenvalue weighted by molar-refractivity contribution is 5.88. The Balaban J connectivity index is 5.26. The molecule has 0 spiro atoms. The zero-order valence-electron chi connectivity index (χ0n) is 14.5. The summed E-state index contributed by atoms with van der Waals surface area (Å²) in [4.78, 5) is 23.4. The molecular formula is C17H28O6. The molecule has 132 valence electrons. The summed E-state index contributed by atoms with van der Waals surface area (Å²) in [7, 11) is 0. The molecule has 0 aromatic rings. The van der Waals surface area contributed by atoms with Crippen LogP contribution in [0.5, 0.6) is 0 Å². The molecule has 0 fully saturated rings. The molecule has 0 heterocycles. The third-order valence-corrected chi connectivity index (χ3v) is 4.01. The molecule has 0 saturated heterocycles. The van der Waals surface area contributed by atoms with Crippen molar-refractivity contribution in [3.05, 3.63) is 24.3 Å². The van der Waals surface area contributed by atoms with Crippen molar-refractivity contribution in [1.82, 2.24) is 0 Å². The number of ether oxygens (including phenoxy) is 2. The summed E-state index contributed by atoms with van der Waals surface area (Å²) in [6.45, 7) is 13.4. The number of carbonyl (C=O) groups is 2. The van der Waals surface area contributed by atoms with Crippen molar-refractivity contribution in [3.63, 3.8) is 0 Å². The first-order valence-corrected chi connectivity index (χ1v) is 7.65. The normalized spacial score (nSPS) is 11.7. The molecule has 0 atom stereocenters. The van der Waals surface area contributed by atoms with Crippen LogP contribution in [0.4, 0.5) is 0 Å². The SMILES string of the molecule is C=C(C)C(=O)OC(O)(CCC(CC)(CC)CO)OC(=O)C(=C)C. The quantitative estimate of drug-likeness (QED) is 0.363. The van der Waals surface area contributed by atoms with Crippen LogP contribution in [0.1, 0.15) is 53.4 Å². The van der Waals surface area contributed by atoms with Crippen molar-refractivity contribution >= 4 is 11.9 Å². The van der Waals surface area contributed by atoms with E-state index in [1.807, 2.05) is 13.8 Å². The number of aliphatic hydroxyl groups is 2. The maximum Gasteiger partial charge on any atom is 0.373 e. The summed E-state index contributed by atoms with van der Waals surface area (Å²) in [6, 6.07) is 0. The summed E-state index contributed by atoms with van der Waals surface area (Å²) in [5.41, 5.74) is -0.317. The van der Waals surface area contributed by atoms with E-state index in [9.17, 15) is 19.8 Å². The van der Waals surface area contributed by atoms with Crippen LogP contribution in [-0.2, 0) is 19.1 Å². The van der Waals surface area contributed by atoms with Crippen molar-refractivity contribution in [2.24, 2.45) is 5.41 Å². The lowest BCUT2D eigenvalue weighted by molar-refractivity contribution is -0.327. The van der Waals surface area contributed by atoms with E-state index in [0.29, 0.717) is 19.3 Å². The van der Waals surface area contributed by atoms with Crippen LogP contribution >= 0.6 is 0 Å². The van der Waals surface area contributed by atoms with Crippen LogP contribution in [0, 0.1) is 5.41 Å². The number of aliphatic hydroxyl groups excluding tert-OH is 1. The topological polar surface area (TPSA) is 93.1 Å². The largest absolute Gasteiger partial charge is 0.396 e. The lowest BCUT2D eigenvalue weighted by Crippen LogP contribution is -2.42. The van der Waals surface area contributed by atoms with Gasteiger partial charge >= 0.3 is 17.9 Å². The summed E-state index contributed by atoms with van der Waals surface area (Å²) < 4.78 is 9.80. The smallest absolute Gasteiger partial charge is 0.373 e. The highest BCUT2D eigenvalue weighted by Gasteiger charge is 2.40. The van der Waals surface area contributed by atoms with Crippen LogP contribution in [0.2, 0.25) is 0 Å². The van der Waals surface area contributed by atoms with Gasteiger partial charge in [0.15, 0.2) is 0 Å². The highest BCUT2D eigenvalue weighted by Crippen LogP contribution is 2.34. The minimum Gasteiger partial charge on any atom is -0.396 e. The minimum atomic E-state index is -2.42. The number of carbonyl (C=O) groups excluding carboxylic acids is 2. The molecule has 0 amide bonds. The van der Waals surface area contributed by atoms with Crippen molar-refractivity contribution in [2.75, 3.05) is 6.61 Å². The Morgan fingerprint density at radius 2 is 1.35 bits per heavy atom. The predicted octanol–water partition coefficient (Wildman–Crippen LogP) is 2.45. The predicted molar refractivity (Wildman–Crippen MR) is 86.1 cm³/mol. The first-order valence-electron chi connectivity index (χ1n) is 7.65. The molecule has 23 heavy (non-hydrogen) atoms. The fourth-order valence-corrected chi connectivity index (χ4v) is 1.92. The molecule has 0 radical (unpaired) electrons. The Kier molecular flexibility index (Phi) is 8.20. The maximum absolute atomic E-state index is 11.7. The van der Waals surface area contributed by atoms with E-state index in [1.165, 1.54) is 13.8 Å². The Labute approximate surface area is 137 Å². The van der Waals surface area contributed by atoms with Crippen LogP contribution in [0.25, 0.3) is 0 Å². The van der Waals surface area contributed by atoms with E-state index in [-0.39, 0.29) is 24.2 Å². The summed E-state index contributed by atoms with van der Waals surface area (Å²) in [5.74, 6) is -4.16. The van der Waals surface area contributed by atoms with Crippen LogP contribution in [0.3, 0.4) is 0 Å². The van der Waals surface area contributed by atoms with Crippen LogP contribution < -0.4 is 0 Å². The van der Waals surface area contributed by atoms with Gasteiger partial charge in [-0.3, -0.25) is 0 Å². The second-order valence-electron chi connectivity index (χ2n) is 5.92. The van der Waals surface area contributed by atoms with Gasteiger partial charge in [0.05, 0.1) is 6.42 Å². The molecule has 6 nitrogen and oxygen atoms in total. The van der Waals surface area contributed by atoms with Crippen LogP contribution in [0.15, 0.2) is 24.3 Å². The van der Waals surface area contributed by atoms with E-state index in [1.54, 1.807) is 0 Å². The highest BCUT2D eigenvalue weighted by atomic mass is 16.8. The van der Waals surface area contributed by atoms with Crippen molar-refractivity contribution in [2.45, 2.75) is 59.4 Å². The van der Waals surface area contributed by atoms with E-state index >= 15 is 0 Å². The molecule has 0 aliphatic rings. The molecule has 0 rings (SSSR count). The Morgan fingerprint density at radius 1 is 0.957 bits per heavy atom. The monoisotopic (exact) mass is 328 g/mol. The zero-order chi connectivity index (χ0) is 18.3. The van der Waals surface area contributed by atoms with E-state index in [2.05, 4.69) is 13.2 Å². The molecule has 6 heteroatoms.